The second kappa shape index (κ2) is 14.4. The summed E-state index contributed by atoms with van der Waals surface area (Å²) in [6, 6.07) is 29.2. The van der Waals surface area contributed by atoms with Crippen LogP contribution in [0.25, 0.3) is 44.6 Å². The normalized spacial score (nSPS) is 12.0. The predicted octanol–water partition coefficient (Wildman–Crippen LogP) is 10.4. The fourth-order valence-electron chi connectivity index (χ4n) is 5.83. The minimum Gasteiger partial charge on any atom is -0.486 e. The monoisotopic (exact) mass is 818 g/mol. The summed E-state index contributed by atoms with van der Waals surface area (Å²) in [5.74, 6) is 0. The summed E-state index contributed by atoms with van der Waals surface area (Å²) in [5, 5.41) is 3.57. The van der Waals surface area contributed by atoms with Crippen LogP contribution in [0.15, 0.2) is 83.5 Å². The van der Waals surface area contributed by atoms with Crippen molar-refractivity contribution in [3.05, 3.63) is 108 Å². The third-order valence-electron chi connectivity index (χ3n) is 7.76. The van der Waals surface area contributed by atoms with E-state index in [1.165, 1.54) is 16.3 Å². The summed E-state index contributed by atoms with van der Waals surface area (Å²) >= 11 is 0. The van der Waals surface area contributed by atoms with E-state index in [0.29, 0.717) is 5.71 Å². The molecule has 0 unspecified atom stereocenters. The first-order valence-electron chi connectivity index (χ1n) is 16.2. The van der Waals surface area contributed by atoms with E-state index in [9.17, 15) is 0 Å². The molecule has 6 aromatic rings. The van der Waals surface area contributed by atoms with E-state index in [1.54, 1.807) is 0 Å². The van der Waals surface area contributed by atoms with E-state index >= 15 is 0 Å². The van der Waals surface area contributed by atoms with Gasteiger partial charge < -0.3 is 14.4 Å². The van der Waals surface area contributed by atoms with E-state index in [4.69, 9.17) is 9.40 Å². The van der Waals surface area contributed by atoms with Gasteiger partial charge >= 0.3 is 0 Å². The molecule has 6 rings (SSSR count). The molecule has 0 aliphatic carbocycles. The fourth-order valence-corrected chi connectivity index (χ4v) is 7.40. The average Bonchev–Trinajstić information content (AvgIpc) is 3.33. The van der Waals surface area contributed by atoms with Crippen molar-refractivity contribution in [1.82, 2.24) is 15.0 Å². The van der Waals surface area contributed by atoms with Gasteiger partial charge in [0.25, 0.3) is 0 Å². The van der Waals surface area contributed by atoms with Crippen LogP contribution in [0.3, 0.4) is 0 Å². The Morgan fingerprint density at radius 3 is 2.17 bits per heavy atom. The van der Waals surface area contributed by atoms with E-state index in [0.717, 1.165) is 57.4 Å². The van der Waals surface area contributed by atoms with Crippen molar-refractivity contribution in [3.63, 3.8) is 0 Å². The molecule has 0 atom stereocenters. The molecule has 0 bridgehead atoms. The first kappa shape index (κ1) is 36.4. The molecule has 0 fully saturated rings. The van der Waals surface area contributed by atoms with Gasteiger partial charge in [0.1, 0.15) is 0 Å². The average molecular weight is 818 g/mol. The molecule has 0 spiro atoms. The Hall–Kier alpha value is -3.44. The van der Waals surface area contributed by atoms with Crippen molar-refractivity contribution < 1.29 is 24.5 Å². The molecule has 247 valence electrons. The SMILES string of the molecule is CC(C)(C)Cc1cc(-c2[c-]cccc2)ncc1[Si](C)(C)C.Cc1ccc2c(n1)oc1c(-c3cc(CC(C)(C)C)ccn3)[c-]ccc12.[Ir]. The number of rotatable bonds is 5. The van der Waals surface area contributed by atoms with Crippen molar-refractivity contribution in [2.75, 3.05) is 0 Å². The van der Waals surface area contributed by atoms with E-state index in [2.05, 4.69) is 120 Å². The van der Waals surface area contributed by atoms with Crippen molar-refractivity contribution in [1.29, 1.82) is 0 Å². The zero-order valence-electron chi connectivity index (χ0n) is 29.5. The first-order valence-corrected chi connectivity index (χ1v) is 19.7. The Morgan fingerprint density at radius 2 is 1.51 bits per heavy atom. The van der Waals surface area contributed by atoms with Crippen molar-refractivity contribution in [3.8, 4) is 22.5 Å². The maximum atomic E-state index is 6.08. The fraction of sp³-hybridized carbons (Fsp3) is 0.341. The second-order valence-corrected chi connectivity index (χ2v) is 20.8. The van der Waals surface area contributed by atoms with Gasteiger partial charge in [0.05, 0.1) is 13.7 Å². The molecule has 0 saturated heterocycles. The Balaban J connectivity index is 0.000000212. The number of nitrogens with zero attached hydrogens (tertiary/aromatic N) is 3. The smallest absolute Gasteiger partial charge is 0.216 e. The maximum Gasteiger partial charge on any atom is 0.216 e. The quantitative estimate of drug-likeness (QED) is 0.128. The third kappa shape index (κ3) is 9.34. The summed E-state index contributed by atoms with van der Waals surface area (Å²) in [5.41, 5.74) is 9.57. The standard InChI is InChI=1S/C22H21N2O.C19H26NSi.Ir/c1-14-8-9-17-16-6-5-7-18(20(16)25-21(17)24-14)19-12-15(10-11-23-19)13-22(2,3)4;1-19(2,3)13-16-12-17(15-10-8-7-9-11-15)20-14-18(16)21(4,5)6;/h5-6,8-12H,13H2,1-4H3;7-10,12,14H,13H2,1-6H3;/q2*-1;. The molecular formula is C41H47IrN3OSi-2. The largest absolute Gasteiger partial charge is 0.486 e. The number of furan rings is 1. The third-order valence-corrected chi connectivity index (χ3v) is 9.82. The zero-order chi connectivity index (χ0) is 33.3. The van der Waals surface area contributed by atoms with Crippen LogP contribution in [-0.4, -0.2) is 23.0 Å². The van der Waals surface area contributed by atoms with Gasteiger partial charge in [-0.3, -0.25) is 0 Å². The van der Waals surface area contributed by atoms with Gasteiger partial charge in [-0.25, -0.2) is 4.98 Å². The maximum absolute atomic E-state index is 6.08. The minimum atomic E-state index is -1.37. The number of pyridine rings is 3. The minimum absolute atomic E-state index is 0. The Kier molecular flexibility index (Phi) is 11.1. The van der Waals surface area contributed by atoms with Gasteiger partial charge in [0.15, 0.2) is 0 Å². The van der Waals surface area contributed by atoms with Crippen LogP contribution < -0.4 is 5.19 Å². The van der Waals surface area contributed by atoms with Crippen LogP contribution in [0.5, 0.6) is 0 Å². The van der Waals surface area contributed by atoms with Gasteiger partial charge in [0.2, 0.25) is 5.71 Å². The van der Waals surface area contributed by atoms with Gasteiger partial charge in [-0.1, -0.05) is 95.4 Å². The first-order chi connectivity index (χ1) is 21.6. The Bertz CT molecular complexity index is 1960. The van der Waals surface area contributed by atoms with E-state index in [1.807, 2.05) is 49.5 Å². The van der Waals surface area contributed by atoms with Gasteiger partial charge in [0, 0.05) is 43.6 Å². The van der Waals surface area contributed by atoms with Crippen LogP contribution in [0.2, 0.25) is 19.6 Å². The molecule has 0 aliphatic rings. The molecule has 4 aromatic heterocycles. The van der Waals surface area contributed by atoms with Crippen LogP contribution in [0, 0.1) is 29.9 Å². The molecule has 0 saturated carbocycles. The van der Waals surface area contributed by atoms with Gasteiger partial charge in [-0.2, -0.15) is 0 Å². The number of hydrogen-bond donors (Lipinski definition) is 0. The number of hydrogen-bond acceptors (Lipinski definition) is 4. The molecule has 4 nitrogen and oxygen atoms in total. The zero-order valence-corrected chi connectivity index (χ0v) is 32.9. The summed E-state index contributed by atoms with van der Waals surface area (Å²) in [6.45, 7) is 22.8. The summed E-state index contributed by atoms with van der Waals surface area (Å²) in [7, 11) is -1.37. The van der Waals surface area contributed by atoms with Crippen molar-refractivity contribution in [2.45, 2.75) is 80.9 Å². The van der Waals surface area contributed by atoms with E-state index < -0.39 is 8.07 Å². The van der Waals surface area contributed by atoms with Gasteiger partial charge in [-0.15, -0.1) is 54.1 Å². The van der Waals surface area contributed by atoms with Crippen molar-refractivity contribution >= 4 is 35.3 Å². The topological polar surface area (TPSA) is 51.8 Å². The molecular weight excluding hydrogens is 771 g/mol. The number of aromatic nitrogens is 3. The molecule has 0 aliphatic heterocycles. The summed E-state index contributed by atoms with van der Waals surface area (Å²) < 4.78 is 6.08. The van der Waals surface area contributed by atoms with Crippen LogP contribution >= 0.6 is 0 Å². The predicted molar refractivity (Wildman–Crippen MR) is 196 cm³/mol. The molecule has 2 aromatic carbocycles. The molecule has 0 amide bonds. The summed E-state index contributed by atoms with van der Waals surface area (Å²) in [6.07, 6.45) is 6.08. The Labute approximate surface area is 295 Å². The molecule has 0 N–H and O–H groups in total. The van der Waals surface area contributed by atoms with Crippen LogP contribution in [0.1, 0.15) is 58.4 Å². The van der Waals surface area contributed by atoms with Crippen LogP contribution in [0.4, 0.5) is 0 Å². The number of aryl methyl sites for hydroxylation is 1. The Morgan fingerprint density at radius 1 is 0.766 bits per heavy atom. The molecule has 47 heavy (non-hydrogen) atoms. The van der Waals surface area contributed by atoms with Crippen LogP contribution in [-0.2, 0) is 32.9 Å². The van der Waals surface area contributed by atoms with Crippen molar-refractivity contribution in [2.24, 2.45) is 10.8 Å². The molecule has 6 heteroatoms. The van der Waals surface area contributed by atoms with Gasteiger partial charge in [-0.05, 0) is 65.4 Å². The van der Waals surface area contributed by atoms with E-state index in [-0.39, 0.29) is 30.9 Å². The molecule has 1 radical (unpaired) electrons. The summed E-state index contributed by atoms with van der Waals surface area (Å²) in [4.78, 5) is 13.8. The molecule has 4 heterocycles. The second-order valence-electron chi connectivity index (χ2n) is 15.8. The number of fused-ring (bicyclic) bond motifs is 3. The number of benzene rings is 2.